The van der Waals surface area contributed by atoms with Crippen LogP contribution in [0.4, 0.5) is 0 Å². The van der Waals surface area contributed by atoms with Crippen molar-refractivity contribution in [3.63, 3.8) is 0 Å². The summed E-state index contributed by atoms with van der Waals surface area (Å²) in [7, 11) is 0. The Morgan fingerprint density at radius 3 is 2.25 bits per heavy atom. The van der Waals surface area contributed by atoms with Crippen molar-refractivity contribution in [1.82, 2.24) is 0 Å². The van der Waals surface area contributed by atoms with Gasteiger partial charge in [0.2, 0.25) is 0 Å². The van der Waals surface area contributed by atoms with Crippen LogP contribution in [0.1, 0.15) is 46.5 Å². The first-order chi connectivity index (χ1) is 5.45. The van der Waals surface area contributed by atoms with E-state index in [1.165, 1.54) is 0 Å². The molecule has 0 atom stereocenters. The van der Waals surface area contributed by atoms with E-state index in [1.54, 1.807) is 0 Å². The fourth-order valence-corrected chi connectivity index (χ4v) is 1.07. The zero-order valence-electron chi connectivity index (χ0n) is 8.39. The van der Waals surface area contributed by atoms with Crippen molar-refractivity contribution < 1.29 is 9.90 Å². The van der Waals surface area contributed by atoms with E-state index < -0.39 is 0 Å². The molecule has 0 spiro atoms. The molecule has 0 heterocycles. The highest BCUT2D eigenvalue weighted by molar-refractivity contribution is 5.78. The Balaban J connectivity index is 3.37. The van der Waals surface area contributed by atoms with E-state index in [-0.39, 0.29) is 12.4 Å². The molecule has 0 aliphatic heterocycles. The van der Waals surface area contributed by atoms with Gasteiger partial charge in [-0.1, -0.05) is 20.8 Å². The van der Waals surface area contributed by atoms with Crippen LogP contribution >= 0.6 is 0 Å². The van der Waals surface area contributed by atoms with Crippen molar-refractivity contribution in [2.45, 2.75) is 46.5 Å². The van der Waals surface area contributed by atoms with Crippen LogP contribution in [0.5, 0.6) is 0 Å². The summed E-state index contributed by atoms with van der Waals surface area (Å²) in [6.07, 6.45) is 2.97. The summed E-state index contributed by atoms with van der Waals surface area (Å²) in [5.41, 5.74) is 0.319. The van der Waals surface area contributed by atoms with E-state index in [9.17, 15) is 4.79 Å². The van der Waals surface area contributed by atoms with Crippen molar-refractivity contribution in [1.29, 1.82) is 0 Å². The molecule has 0 amide bonds. The van der Waals surface area contributed by atoms with E-state index in [2.05, 4.69) is 20.8 Å². The summed E-state index contributed by atoms with van der Waals surface area (Å²) in [4.78, 5) is 11.0. The Bertz CT molecular complexity index is 133. The molecule has 0 fully saturated rings. The Morgan fingerprint density at radius 2 is 1.83 bits per heavy atom. The molecule has 0 aromatic heterocycles. The van der Waals surface area contributed by atoms with Crippen LogP contribution in [0.2, 0.25) is 0 Å². The lowest BCUT2D eigenvalue weighted by Gasteiger charge is -2.16. The molecule has 0 aromatic carbocycles. The van der Waals surface area contributed by atoms with Gasteiger partial charge in [-0.15, -0.1) is 0 Å². The fraction of sp³-hybridized carbons (Fsp3) is 0.900. The summed E-state index contributed by atoms with van der Waals surface area (Å²) in [6, 6.07) is 0. The molecule has 1 N–H and O–H groups in total. The smallest absolute Gasteiger partial charge is 0.135 e. The van der Waals surface area contributed by atoms with Gasteiger partial charge in [-0.05, 0) is 18.3 Å². The van der Waals surface area contributed by atoms with Gasteiger partial charge in [0.25, 0.3) is 0 Å². The Morgan fingerprint density at radius 1 is 1.25 bits per heavy atom. The number of rotatable bonds is 5. The van der Waals surface area contributed by atoms with E-state index in [1.807, 2.05) is 0 Å². The van der Waals surface area contributed by atoms with E-state index in [0.717, 1.165) is 12.8 Å². The normalized spacial score (nSPS) is 11.7. The third-order valence-electron chi connectivity index (χ3n) is 1.77. The number of Topliss-reactive ketones (excluding diaryl/α,β-unsaturated/α-hetero) is 1. The molecular weight excluding hydrogens is 152 g/mol. The molecule has 0 aliphatic rings. The van der Waals surface area contributed by atoms with Gasteiger partial charge in [-0.2, -0.15) is 0 Å². The maximum atomic E-state index is 11.0. The SMILES string of the molecule is CC(C)(C)CCCC(=O)CCO. The second kappa shape index (κ2) is 5.31. The van der Waals surface area contributed by atoms with E-state index in [4.69, 9.17) is 5.11 Å². The first kappa shape index (κ1) is 11.6. The minimum absolute atomic E-state index is 0.00560. The van der Waals surface area contributed by atoms with Crippen LogP contribution in [-0.4, -0.2) is 17.5 Å². The summed E-state index contributed by atoms with van der Waals surface area (Å²) < 4.78 is 0. The molecule has 0 aliphatic carbocycles. The molecule has 0 saturated heterocycles. The van der Waals surface area contributed by atoms with Crippen molar-refractivity contribution in [2.24, 2.45) is 5.41 Å². The van der Waals surface area contributed by atoms with Crippen LogP contribution < -0.4 is 0 Å². The largest absolute Gasteiger partial charge is 0.396 e. The minimum atomic E-state index is -0.00560. The molecule has 0 bridgehead atoms. The van der Waals surface area contributed by atoms with Crippen molar-refractivity contribution in [3.05, 3.63) is 0 Å². The Kier molecular flexibility index (Phi) is 5.14. The molecule has 0 rings (SSSR count). The molecule has 12 heavy (non-hydrogen) atoms. The molecule has 0 unspecified atom stereocenters. The molecule has 2 heteroatoms. The highest BCUT2D eigenvalue weighted by Crippen LogP contribution is 2.21. The van der Waals surface area contributed by atoms with Crippen LogP contribution in [0.15, 0.2) is 0 Å². The lowest BCUT2D eigenvalue weighted by Crippen LogP contribution is -2.07. The summed E-state index contributed by atoms with van der Waals surface area (Å²) in [5.74, 6) is 0.182. The number of aliphatic hydroxyl groups is 1. The second-order valence-electron chi connectivity index (χ2n) is 4.43. The van der Waals surface area contributed by atoms with Crippen molar-refractivity contribution >= 4 is 5.78 Å². The van der Waals surface area contributed by atoms with Crippen LogP contribution in [0, 0.1) is 5.41 Å². The topological polar surface area (TPSA) is 37.3 Å². The zero-order valence-corrected chi connectivity index (χ0v) is 8.39. The van der Waals surface area contributed by atoms with Gasteiger partial charge < -0.3 is 5.11 Å². The quantitative estimate of drug-likeness (QED) is 0.690. The number of aliphatic hydroxyl groups excluding tert-OH is 1. The number of carbonyl (C=O) groups is 1. The van der Waals surface area contributed by atoms with Gasteiger partial charge in [0.05, 0.1) is 0 Å². The lowest BCUT2D eigenvalue weighted by atomic mass is 9.89. The average molecular weight is 172 g/mol. The minimum Gasteiger partial charge on any atom is -0.396 e. The molecule has 0 aromatic rings. The first-order valence-electron chi connectivity index (χ1n) is 4.58. The third-order valence-corrected chi connectivity index (χ3v) is 1.77. The summed E-state index contributed by atoms with van der Waals surface area (Å²) in [6.45, 7) is 6.50. The van der Waals surface area contributed by atoms with Gasteiger partial charge in [0.15, 0.2) is 0 Å². The van der Waals surface area contributed by atoms with Crippen LogP contribution in [0.25, 0.3) is 0 Å². The predicted molar refractivity (Wildman–Crippen MR) is 50.0 cm³/mol. The van der Waals surface area contributed by atoms with Gasteiger partial charge in [-0.3, -0.25) is 4.79 Å². The molecule has 72 valence electrons. The number of carbonyl (C=O) groups excluding carboxylic acids is 1. The maximum absolute atomic E-state index is 11.0. The molecule has 0 radical (unpaired) electrons. The van der Waals surface area contributed by atoms with Gasteiger partial charge >= 0.3 is 0 Å². The Hall–Kier alpha value is -0.370. The summed E-state index contributed by atoms with van der Waals surface area (Å²) >= 11 is 0. The van der Waals surface area contributed by atoms with E-state index in [0.29, 0.717) is 18.3 Å². The predicted octanol–water partition coefficient (Wildman–Crippen LogP) is 2.15. The number of hydrogen-bond acceptors (Lipinski definition) is 2. The second-order valence-corrected chi connectivity index (χ2v) is 4.43. The number of hydrogen-bond donors (Lipinski definition) is 1. The van der Waals surface area contributed by atoms with E-state index >= 15 is 0 Å². The average Bonchev–Trinajstić information content (AvgIpc) is 1.84. The maximum Gasteiger partial charge on any atom is 0.135 e. The van der Waals surface area contributed by atoms with Gasteiger partial charge in [0, 0.05) is 19.4 Å². The highest BCUT2D eigenvalue weighted by Gasteiger charge is 2.10. The summed E-state index contributed by atoms with van der Waals surface area (Å²) in [5, 5.41) is 8.48. The zero-order chi connectivity index (χ0) is 9.61. The Labute approximate surface area is 75.0 Å². The standard InChI is InChI=1S/C10H20O2/c1-10(2,3)7-4-5-9(12)6-8-11/h11H,4-8H2,1-3H3. The van der Waals surface area contributed by atoms with Crippen LogP contribution in [-0.2, 0) is 4.79 Å². The van der Waals surface area contributed by atoms with Crippen LogP contribution in [0.3, 0.4) is 0 Å². The lowest BCUT2D eigenvalue weighted by molar-refractivity contribution is -0.119. The van der Waals surface area contributed by atoms with Gasteiger partial charge in [-0.25, -0.2) is 0 Å². The van der Waals surface area contributed by atoms with Gasteiger partial charge in [0.1, 0.15) is 5.78 Å². The number of ketones is 1. The molecule has 0 saturated carbocycles. The monoisotopic (exact) mass is 172 g/mol. The molecule has 2 nitrogen and oxygen atoms in total. The third kappa shape index (κ3) is 7.73. The fourth-order valence-electron chi connectivity index (χ4n) is 1.07. The first-order valence-corrected chi connectivity index (χ1v) is 4.58. The molecular formula is C10H20O2. The van der Waals surface area contributed by atoms with Crippen molar-refractivity contribution in [3.8, 4) is 0 Å². The van der Waals surface area contributed by atoms with Crippen molar-refractivity contribution in [2.75, 3.05) is 6.61 Å². The highest BCUT2D eigenvalue weighted by atomic mass is 16.3.